The van der Waals surface area contributed by atoms with E-state index in [1.807, 2.05) is 17.6 Å². The summed E-state index contributed by atoms with van der Waals surface area (Å²) in [6.07, 6.45) is 2.44. The van der Waals surface area contributed by atoms with E-state index < -0.39 is 0 Å². The molecule has 3 nitrogen and oxygen atoms in total. The third kappa shape index (κ3) is 1.87. The fourth-order valence-electron chi connectivity index (χ4n) is 2.33. The molecule has 0 atom stereocenters. The summed E-state index contributed by atoms with van der Waals surface area (Å²) >= 11 is 1.62. The van der Waals surface area contributed by atoms with E-state index in [4.69, 9.17) is 0 Å². The number of nitrogens with zero attached hydrogens (tertiary/aromatic N) is 3. The van der Waals surface area contributed by atoms with Crippen LogP contribution in [-0.4, -0.2) is 14.4 Å². The van der Waals surface area contributed by atoms with E-state index in [-0.39, 0.29) is 5.95 Å². The Bertz CT molecular complexity index is 910. The van der Waals surface area contributed by atoms with E-state index in [2.05, 4.69) is 16.0 Å². The Hall–Kier alpha value is -2.27. The lowest BCUT2D eigenvalue weighted by atomic mass is 10.1. The number of hydrogen-bond donors (Lipinski definition) is 0. The molecule has 0 radical (unpaired) electrons. The van der Waals surface area contributed by atoms with E-state index in [9.17, 15) is 4.39 Å². The molecule has 98 valence electrons. The van der Waals surface area contributed by atoms with Crippen molar-refractivity contribution in [2.45, 2.75) is 6.42 Å². The first kappa shape index (κ1) is 11.5. The highest BCUT2D eigenvalue weighted by atomic mass is 32.1. The summed E-state index contributed by atoms with van der Waals surface area (Å²) in [5, 5.41) is 0. The van der Waals surface area contributed by atoms with Gasteiger partial charge in [0.05, 0.1) is 21.4 Å². The standard InChI is InChI=1S/C15H10FN3S/c16-14-2-1-3-15-18-11(8-19(14)15)6-10-4-5-12-13(7-10)20-9-17-12/h1-5,7-9H,6H2. The number of fused-ring (bicyclic) bond motifs is 2. The van der Waals surface area contributed by atoms with Gasteiger partial charge in [-0.2, -0.15) is 4.39 Å². The molecule has 0 unspecified atom stereocenters. The Kier molecular flexibility index (Phi) is 2.53. The highest BCUT2D eigenvalue weighted by molar-refractivity contribution is 7.16. The summed E-state index contributed by atoms with van der Waals surface area (Å²) in [5.41, 5.74) is 5.51. The second kappa shape index (κ2) is 4.38. The van der Waals surface area contributed by atoms with E-state index >= 15 is 0 Å². The molecule has 0 aliphatic heterocycles. The van der Waals surface area contributed by atoms with Crippen molar-refractivity contribution in [1.29, 1.82) is 0 Å². The van der Waals surface area contributed by atoms with Crippen LogP contribution in [0.4, 0.5) is 4.39 Å². The third-order valence-electron chi connectivity index (χ3n) is 3.27. The van der Waals surface area contributed by atoms with Gasteiger partial charge in [-0.05, 0) is 29.8 Å². The fraction of sp³-hybridized carbons (Fsp3) is 0.0667. The molecule has 0 bridgehead atoms. The highest BCUT2D eigenvalue weighted by Crippen LogP contribution is 2.21. The second-order valence-electron chi connectivity index (χ2n) is 4.64. The molecule has 0 N–H and O–H groups in total. The highest BCUT2D eigenvalue weighted by Gasteiger charge is 2.06. The molecule has 0 aliphatic carbocycles. The number of pyridine rings is 1. The molecular formula is C15H10FN3S. The maximum absolute atomic E-state index is 13.6. The van der Waals surface area contributed by atoms with Crippen molar-refractivity contribution in [2.75, 3.05) is 0 Å². The molecule has 3 heterocycles. The van der Waals surface area contributed by atoms with Crippen LogP contribution in [-0.2, 0) is 6.42 Å². The normalized spacial score (nSPS) is 11.4. The first-order chi connectivity index (χ1) is 9.79. The van der Waals surface area contributed by atoms with Gasteiger partial charge >= 0.3 is 0 Å². The Morgan fingerprint density at radius 1 is 1.20 bits per heavy atom. The molecule has 0 aliphatic rings. The summed E-state index contributed by atoms with van der Waals surface area (Å²) in [6.45, 7) is 0. The molecule has 4 rings (SSSR count). The van der Waals surface area contributed by atoms with Gasteiger partial charge in [0, 0.05) is 12.6 Å². The number of hydrogen-bond acceptors (Lipinski definition) is 3. The minimum Gasteiger partial charge on any atom is -0.276 e. The Balaban J connectivity index is 1.74. The van der Waals surface area contributed by atoms with Gasteiger partial charge in [0.15, 0.2) is 5.95 Å². The Morgan fingerprint density at radius 3 is 3.05 bits per heavy atom. The average Bonchev–Trinajstić information content (AvgIpc) is 3.05. The third-order valence-corrected chi connectivity index (χ3v) is 4.06. The van der Waals surface area contributed by atoms with Crippen molar-refractivity contribution < 1.29 is 4.39 Å². The van der Waals surface area contributed by atoms with Crippen LogP contribution in [0.15, 0.2) is 48.1 Å². The molecule has 0 fully saturated rings. The summed E-state index contributed by atoms with van der Waals surface area (Å²) in [5.74, 6) is -0.292. The minimum atomic E-state index is -0.292. The number of thiazole rings is 1. The number of imidazole rings is 1. The Labute approximate surface area is 118 Å². The van der Waals surface area contributed by atoms with Crippen LogP contribution in [0.5, 0.6) is 0 Å². The molecule has 0 saturated carbocycles. The molecule has 20 heavy (non-hydrogen) atoms. The van der Waals surface area contributed by atoms with Gasteiger partial charge in [-0.3, -0.25) is 4.40 Å². The number of rotatable bonds is 2. The maximum atomic E-state index is 13.6. The predicted molar refractivity (Wildman–Crippen MR) is 77.6 cm³/mol. The summed E-state index contributed by atoms with van der Waals surface area (Å²) < 4.78 is 16.3. The van der Waals surface area contributed by atoms with Gasteiger partial charge in [-0.15, -0.1) is 11.3 Å². The van der Waals surface area contributed by atoms with Crippen molar-refractivity contribution in [2.24, 2.45) is 0 Å². The van der Waals surface area contributed by atoms with Crippen LogP contribution in [0.25, 0.3) is 15.9 Å². The Morgan fingerprint density at radius 2 is 2.15 bits per heavy atom. The summed E-state index contributed by atoms with van der Waals surface area (Å²) in [7, 11) is 0. The first-order valence-electron chi connectivity index (χ1n) is 6.24. The lowest BCUT2D eigenvalue weighted by molar-refractivity contribution is 0.567. The predicted octanol–water partition coefficient (Wildman–Crippen LogP) is 3.67. The smallest absolute Gasteiger partial charge is 0.199 e. The monoisotopic (exact) mass is 283 g/mol. The van der Waals surface area contributed by atoms with Crippen molar-refractivity contribution in [3.63, 3.8) is 0 Å². The lowest BCUT2D eigenvalue weighted by Gasteiger charge is -1.97. The molecule has 5 heteroatoms. The van der Waals surface area contributed by atoms with Crippen LogP contribution >= 0.6 is 11.3 Å². The fourth-order valence-corrected chi connectivity index (χ4v) is 3.07. The zero-order valence-electron chi connectivity index (χ0n) is 10.5. The zero-order valence-corrected chi connectivity index (χ0v) is 11.3. The minimum absolute atomic E-state index is 0.292. The quantitative estimate of drug-likeness (QED) is 0.525. The van der Waals surface area contributed by atoms with Crippen LogP contribution in [0.2, 0.25) is 0 Å². The zero-order chi connectivity index (χ0) is 13.5. The largest absolute Gasteiger partial charge is 0.276 e. The maximum Gasteiger partial charge on any atom is 0.199 e. The van der Waals surface area contributed by atoms with Crippen molar-refractivity contribution in [3.8, 4) is 0 Å². The molecule has 4 aromatic rings. The van der Waals surface area contributed by atoms with Crippen molar-refractivity contribution in [1.82, 2.24) is 14.4 Å². The van der Waals surface area contributed by atoms with Gasteiger partial charge in [-0.25, -0.2) is 9.97 Å². The molecule has 1 aromatic carbocycles. The average molecular weight is 283 g/mol. The molecule has 0 amide bonds. The van der Waals surface area contributed by atoms with E-state index in [1.165, 1.54) is 10.5 Å². The van der Waals surface area contributed by atoms with E-state index in [0.717, 1.165) is 21.5 Å². The number of benzene rings is 1. The molecule has 0 saturated heterocycles. The SMILES string of the molecule is Fc1cccc2nc(Cc3ccc4ncsc4c3)cn12. The molecular weight excluding hydrogens is 273 g/mol. The van der Waals surface area contributed by atoms with Gasteiger partial charge in [0.1, 0.15) is 5.65 Å². The van der Waals surface area contributed by atoms with E-state index in [0.29, 0.717) is 12.1 Å². The molecule has 0 spiro atoms. The van der Waals surface area contributed by atoms with Gasteiger partial charge in [0.2, 0.25) is 0 Å². The van der Waals surface area contributed by atoms with Crippen LogP contribution in [0.1, 0.15) is 11.3 Å². The molecule has 3 aromatic heterocycles. The van der Waals surface area contributed by atoms with Crippen molar-refractivity contribution in [3.05, 3.63) is 65.3 Å². The first-order valence-corrected chi connectivity index (χ1v) is 7.12. The number of halogens is 1. The summed E-state index contributed by atoms with van der Waals surface area (Å²) in [6, 6.07) is 11.1. The van der Waals surface area contributed by atoms with Gasteiger partial charge in [-0.1, -0.05) is 12.1 Å². The second-order valence-corrected chi connectivity index (χ2v) is 5.53. The number of aromatic nitrogens is 3. The van der Waals surface area contributed by atoms with Crippen LogP contribution < -0.4 is 0 Å². The van der Waals surface area contributed by atoms with Gasteiger partial charge < -0.3 is 0 Å². The van der Waals surface area contributed by atoms with E-state index in [1.54, 1.807) is 29.7 Å². The van der Waals surface area contributed by atoms with Crippen molar-refractivity contribution >= 4 is 27.2 Å². The van der Waals surface area contributed by atoms with Crippen LogP contribution in [0, 0.1) is 5.95 Å². The van der Waals surface area contributed by atoms with Crippen LogP contribution in [0.3, 0.4) is 0 Å². The summed E-state index contributed by atoms with van der Waals surface area (Å²) in [4.78, 5) is 8.71. The lowest BCUT2D eigenvalue weighted by Crippen LogP contribution is -1.88. The van der Waals surface area contributed by atoms with Gasteiger partial charge in [0.25, 0.3) is 0 Å². The topological polar surface area (TPSA) is 30.2 Å².